The number of nitrogens with zero attached hydrogens (tertiary/aromatic N) is 2. The van der Waals surface area contributed by atoms with Crippen molar-refractivity contribution in [3.63, 3.8) is 0 Å². The van der Waals surface area contributed by atoms with E-state index in [9.17, 15) is 9.59 Å². The molecular weight excluding hydrogens is 412 g/mol. The lowest BCUT2D eigenvalue weighted by Gasteiger charge is -2.06. The molecule has 0 fully saturated rings. The van der Waals surface area contributed by atoms with E-state index in [1.54, 1.807) is 13.8 Å². The molecule has 0 saturated carbocycles. The number of hydrogen-bond acceptors (Lipinski definition) is 4. The molecule has 1 atom stereocenters. The highest BCUT2D eigenvalue weighted by atomic mass is 16.1. The van der Waals surface area contributed by atoms with Crippen molar-refractivity contribution in [2.45, 2.75) is 46.0 Å². The van der Waals surface area contributed by atoms with E-state index in [0.717, 1.165) is 45.3 Å². The van der Waals surface area contributed by atoms with Gasteiger partial charge in [-0.2, -0.15) is 0 Å². The van der Waals surface area contributed by atoms with Crippen molar-refractivity contribution in [3.05, 3.63) is 72.6 Å². The van der Waals surface area contributed by atoms with Gasteiger partial charge in [-0.05, 0) is 36.1 Å². The number of Topliss-reactive ketones (excluding diaryl/α,β-unsaturated/α-hetero) is 2. The molecule has 2 heterocycles. The molecule has 2 N–H and O–H groups in total. The van der Waals surface area contributed by atoms with Crippen molar-refractivity contribution in [1.82, 2.24) is 19.9 Å². The SMILES string of the molecule is CC(=O)CCc1ncc(-c2ccc(-c3ccc(-c4cnc(C(C)CC(C)=O)[nH]4)cc3)cc2)[nH]1. The van der Waals surface area contributed by atoms with Gasteiger partial charge in [0.15, 0.2) is 0 Å². The van der Waals surface area contributed by atoms with Crippen molar-refractivity contribution >= 4 is 11.6 Å². The summed E-state index contributed by atoms with van der Waals surface area (Å²) >= 11 is 0. The number of aromatic amines is 2. The normalized spacial score (nSPS) is 12.0. The van der Waals surface area contributed by atoms with E-state index in [1.165, 1.54) is 0 Å². The number of ketones is 2. The topological polar surface area (TPSA) is 91.5 Å². The van der Waals surface area contributed by atoms with Gasteiger partial charge in [-0.1, -0.05) is 55.5 Å². The van der Waals surface area contributed by atoms with Crippen LogP contribution < -0.4 is 0 Å². The van der Waals surface area contributed by atoms with Gasteiger partial charge in [0, 0.05) is 25.2 Å². The molecule has 1 unspecified atom stereocenters. The summed E-state index contributed by atoms with van der Waals surface area (Å²) in [5.74, 6) is 2.07. The summed E-state index contributed by atoms with van der Waals surface area (Å²) < 4.78 is 0. The number of H-pyrrole nitrogens is 2. The molecule has 6 heteroatoms. The van der Waals surface area contributed by atoms with Gasteiger partial charge in [0.2, 0.25) is 0 Å². The highest BCUT2D eigenvalue weighted by Gasteiger charge is 2.13. The highest BCUT2D eigenvalue weighted by molar-refractivity contribution is 5.76. The molecule has 0 amide bonds. The van der Waals surface area contributed by atoms with Crippen LogP contribution in [0.4, 0.5) is 0 Å². The number of nitrogens with one attached hydrogen (secondary N) is 2. The van der Waals surface area contributed by atoms with Crippen LogP contribution in [0.3, 0.4) is 0 Å². The van der Waals surface area contributed by atoms with Crippen LogP contribution in [-0.2, 0) is 16.0 Å². The van der Waals surface area contributed by atoms with Crippen LogP contribution in [0.1, 0.15) is 51.2 Å². The maximum Gasteiger partial charge on any atom is 0.130 e. The van der Waals surface area contributed by atoms with Crippen molar-refractivity contribution < 1.29 is 9.59 Å². The van der Waals surface area contributed by atoms with Crippen LogP contribution in [0, 0.1) is 0 Å². The van der Waals surface area contributed by atoms with Gasteiger partial charge >= 0.3 is 0 Å². The molecule has 0 saturated heterocycles. The molecule has 2 aromatic carbocycles. The molecule has 0 aliphatic carbocycles. The van der Waals surface area contributed by atoms with E-state index in [0.29, 0.717) is 19.3 Å². The number of hydrogen-bond donors (Lipinski definition) is 2. The second-order valence-corrected chi connectivity index (χ2v) is 8.59. The average Bonchev–Trinajstić information content (AvgIpc) is 3.48. The molecule has 0 aliphatic heterocycles. The molecule has 168 valence electrons. The second kappa shape index (κ2) is 9.77. The molecule has 6 nitrogen and oxygen atoms in total. The van der Waals surface area contributed by atoms with Gasteiger partial charge in [0.1, 0.15) is 23.2 Å². The monoisotopic (exact) mass is 440 g/mol. The second-order valence-electron chi connectivity index (χ2n) is 8.59. The van der Waals surface area contributed by atoms with Gasteiger partial charge in [0.25, 0.3) is 0 Å². The number of carbonyl (C=O) groups excluding carboxylic acids is 2. The standard InChI is InChI=1S/C27H28N4O2/c1-17(14-19(3)33)27-29-16-25(31-27)23-11-7-21(8-12-23)20-5-9-22(10-6-20)24-15-28-26(30-24)13-4-18(2)32/h5-12,15-17H,4,13-14H2,1-3H3,(H,28,30)(H,29,31). The van der Waals surface area contributed by atoms with E-state index in [-0.39, 0.29) is 17.5 Å². The summed E-state index contributed by atoms with van der Waals surface area (Å²) in [5, 5.41) is 0. The quantitative estimate of drug-likeness (QED) is 0.347. The first kappa shape index (κ1) is 22.4. The fraction of sp³-hybridized carbons (Fsp3) is 0.259. The Hall–Kier alpha value is -3.80. The number of carbonyl (C=O) groups is 2. The number of aryl methyl sites for hydroxylation is 1. The zero-order valence-electron chi connectivity index (χ0n) is 19.2. The largest absolute Gasteiger partial charge is 0.342 e. The lowest BCUT2D eigenvalue weighted by atomic mass is 10.0. The summed E-state index contributed by atoms with van der Waals surface area (Å²) in [4.78, 5) is 38.0. The summed E-state index contributed by atoms with van der Waals surface area (Å²) in [6.45, 7) is 5.21. The van der Waals surface area contributed by atoms with Crippen LogP contribution >= 0.6 is 0 Å². The number of aromatic nitrogens is 4. The van der Waals surface area contributed by atoms with Crippen LogP contribution in [0.15, 0.2) is 60.9 Å². The molecule has 2 aromatic heterocycles. The Morgan fingerprint density at radius 2 is 1.27 bits per heavy atom. The highest BCUT2D eigenvalue weighted by Crippen LogP contribution is 2.27. The van der Waals surface area contributed by atoms with Crippen LogP contribution in [0.2, 0.25) is 0 Å². The summed E-state index contributed by atoms with van der Waals surface area (Å²) in [6, 6.07) is 16.7. The first-order valence-electron chi connectivity index (χ1n) is 11.2. The van der Waals surface area contributed by atoms with Crippen LogP contribution in [0.5, 0.6) is 0 Å². The number of rotatable bonds is 9. The molecular formula is C27H28N4O2. The Morgan fingerprint density at radius 3 is 1.82 bits per heavy atom. The van der Waals surface area contributed by atoms with Crippen molar-refractivity contribution in [2.24, 2.45) is 0 Å². The maximum absolute atomic E-state index is 11.4. The average molecular weight is 441 g/mol. The number of benzene rings is 2. The fourth-order valence-electron chi connectivity index (χ4n) is 3.88. The lowest BCUT2D eigenvalue weighted by Crippen LogP contribution is -2.02. The first-order valence-corrected chi connectivity index (χ1v) is 11.2. The lowest BCUT2D eigenvalue weighted by molar-refractivity contribution is -0.118. The minimum absolute atomic E-state index is 0.0779. The Bertz CT molecular complexity index is 1250. The van der Waals surface area contributed by atoms with Gasteiger partial charge in [-0.15, -0.1) is 0 Å². The van der Waals surface area contributed by atoms with Crippen molar-refractivity contribution in [2.75, 3.05) is 0 Å². The predicted octanol–water partition coefficient (Wildman–Crippen LogP) is 5.74. The van der Waals surface area contributed by atoms with E-state index in [2.05, 4.69) is 68.5 Å². The minimum atomic E-state index is 0.0779. The summed E-state index contributed by atoms with van der Waals surface area (Å²) in [5.41, 5.74) is 6.26. The van der Waals surface area contributed by atoms with E-state index < -0.39 is 0 Å². The third-order valence-corrected chi connectivity index (χ3v) is 5.72. The Kier molecular flexibility index (Phi) is 6.63. The number of imidazole rings is 2. The van der Waals surface area contributed by atoms with Gasteiger partial charge in [-0.25, -0.2) is 9.97 Å². The third-order valence-electron chi connectivity index (χ3n) is 5.72. The Balaban J connectivity index is 1.45. The van der Waals surface area contributed by atoms with E-state index in [4.69, 9.17) is 0 Å². The molecule has 4 aromatic rings. The smallest absolute Gasteiger partial charge is 0.130 e. The van der Waals surface area contributed by atoms with E-state index in [1.807, 2.05) is 19.3 Å². The Labute approximate surface area is 193 Å². The van der Waals surface area contributed by atoms with Gasteiger partial charge < -0.3 is 19.6 Å². The van der Waals surface area contributed by atoms with Crippen molar-refractivity contribution in [1.29, 1.82) is 0 Å². The zero-order valence-corrected chi connectivity index (χ0v) is 19.2. The first-order chi connectivity index (χ1) is 15.9. The molecule has 0 bridgehead atoms. The molecule has 4 rings (SSSR count). The molecule has 0 spiro atoms. The van der Waals surface area contributed by atoms with Gasteiger partial charge in [0.05, 0.1) is 23.8 Å². The van der Waals surface area contributed by atoms with Gasteiger partial charge in [-0.3, -0.25) is 0 Å². The predicted molar refractivity (Wildman–Crippen MR) is 130 cm³/mol. The molecule has 33 heavy (non-hydrogen) atoms. The summed E-state index contributed by atoms with van der Waals surface area (Å²) in [7, 11) is 0. The van der Waals surface area contributed by atoms with Crippen LogP contribution in [-0.4, -0.2) is 31.5 Å². The van der Waals surface area contributed by atoms with E-state index >= 15 is 0 Å². The minimum Gasteiger partial charge on any atom is -0.342 e. The third kappa shape index (κ3) is 5.52. The maximum atomic E-state index is 11.4. The molecule has 0 aliphatic rings. The van der Waals surface area contributed by atoms with Crippen molar-refractivity contribution in [3.8, 4) is 33.6 Å². The van der Waals surface area contributed by atoms with Crippen LogP contribution in [0.25, 0.3) is 33.6 Å². The fourth-order valence-corrected chi connectivity index (χ4v) is 3.88. The summed E-state index contributed by atoms with van der Waals surface area (Å²) in [6.07, 6.45) is 5.26. The Morgan fingerprint density at radius 1 is 0.758 bits per heavy atom. The zero-order chi connectivity index (χ0) is 23.4. The molecule has 0 radical (unpaired) electrons.